The Labute approximate surface area is 138 Å². The maximum Gasteiger partial charge on any atom is 0.303 e. The maximum absolute atomic E-state index is 11.2. The van der Waals surface area contributed by atoms with Crippen molar-refractivity contribution in [3.63, 3.8) is 0 Å². The Morgan fingerprint density at radius 3 is 2.33 bits per heavy atom. The van der Waals surface area contributed by atoms with E-state index < -0.39 is 67.8 Å². The summed E-state index contributed by atoms with van der Waals surface area (Å²) >= 11 is 0. The largest absolute Gasteiger partial charge is 0.454 e. The fraction of sp³-hybridized carbons (Fsp3) is 0.923. The van der Waals surface area contributed by atoms with Crippen LogP contribution in [0.25, 0.3) is 0 Å². The van der Waals surface area contributed by atoms with Crippen LogP contribution >= 0.6 is 0 Å². The van der Waals surface area contributed by atoms with Gasteiger partial charge >= 0.3 is 5.97 Å². The molecular formula is C13H24N2O9. The van der Waals surface area contributed by atoms with Crippen molar-refractivity contribution in [2.24, 2.45) is 11.5 Å². The van der Waals surface area contributed by atoms with Gasteiger partial charge in [0.25, 0.3) is 0 Å². The topological polar surface area (TPSA) is 187 Å². The molecule has 2 fully saturated rings. The Balaban J connectivity index is 2.14. The van der Waals surface area contributed by atoms with Crippen molar-refractivity contribution in [2.75, 3.05) is 13.2 Å². The number of esters is 1. The molecule has 0 aromatic carbocycles. The molecular weight excluding hydrogens is 328 g/mol. The van der Waals surface area contributed by atoms with Gasteiger partial charge in [-0.3, -0.25) is 4.79 Å². The van der Waals surface area contributed by atoms with Gasteiger partial charge < -0.3 is 50.8 Å². The Bertz CT molecular complexity index is 438. The molecule has 9 atom stereocenters. The van der Waals surface area contributed by atoms with Crippen LogP contribution in [0.2, 0.25) is 0 Å². The average Bonchev–Trinajstić information content (AvgIpc) is 2.83. The number of aliphatic hydroxyl groups is 4. The molecule has 0 aromatic rings. The Hall–Kier alpha value is -0.890. The van der Waals surface area contributed by atoms with Gasteiger partial charge in [0, 0.05) is 13.5 Å². The first-order chi connectivity index (χ1) is 11.3. The first-order valence-corrected chi connectivity index (χ1v) is 7.54. The zero-order chi connectivity index (χ0) is 18.0. The highest BCUT2D eigenvalue weighted by atomic mass is 16.7. The van der Waals surface area contributed by atoms with Crippen molar-refractivity contribution in [3.05, 3.63) is 0 Å². The van der Waals surface area contributed by atoms with E-state index in [2.05, 4.69) is 0 Å². The molecule has 0 spiro atoms. The molecule has 8 N–H and O–H groups in total. The molecule has 0 radical (unpaired) electrons. The van der Waals surface area contributed by atoms with Crippen LogP contribution in [0.4, 0.5) is 0 Å². The van der Waals surface area contributed by atoms with Gasteiger partial charge in [-0.25, -0.2) is 0 Å². The first kappa shape index (κ1) is 19.4. The van der Waals surface area contributed by atoms with Crippen molar-refractivity contribution >= 4 is 5.97 Å². The summed E-state index contributed by atoms with van der Waals surface area (Å²) in [5.41, 5.74) is 11.3. The quantitative estimate of drug-likeness (QED) is 0.263. The summed E-state index contributed by atoms with van der Waals surface area (Å²) < 4.78 is 21.1. The monoisotopic (exact) mass is 352 g/mol. The lowest BCUT2D eigenvalue weighted by Gasteiger charge is -2.42. The third kappa shape index (κ3) is 3.85. The van der Waals surface area contributed by atoms with Crippen molar-refractivity contribution in [2.45, 2.75) is 62.2 Å². The zero-order valence-electron chi connectivity index (χ0n) is 13.1. The second-order valence-electron chi connectivity index (χ2n) is 5.76. The summed E-state index contributed by atoms with van der Waals surface area (Å²) in [5.74, 6) is -0.681. The number of carbonyl (C=O) groups is 1. The predicted octanol–water partition coefficient (Wildman–Crippen LogP) is -4.25. The van der Waals surface area contributed by atoms with Crippen LogP contribution in [0.3, 0.4) is 0 Å². The molecule has 2 aliphatic heterocycles. The molecule has 140 valence electrons. The van der Waals surface area contributed by atoms with Crippen LogP contribution in [0.1, 0.15) is 6.92 Å². The second-order valence-corrected chi connectivity index (χ2v) is 5.76. The summed E-state index contributed by atoms with van der Waals surface area (Å²) in [7, 11) is 0. The van der Waals surface area contributed by atoms with Crippen LogP contribution in [-0.2, 0) is 23.7 Å². The molecule has 0 aromatic heterocycles. The smallest absolute Gasteiger partial charge is 0.303 e. The van der Waals surface area contributed by atoms with Gasteiger partial charge in [-0.15, -0.1) is 0 Å². The number of carbonyl (C=O) groups excluding carboxylic acids is 1. The molecule has 0 amide bonds. The fourth-order valence-corrected chi connectivity index (χ4v) is 2.76. The number of ether oxygens (including phenoxy) is 4. The van der Waals surface area contributed by atoms with Gasteiger partial charge in [0.1, 0.15) is 30.5 Å². The standard InChI is InChI=1S/C13H24N2O9/c1-4(17)21-11-10(6(3-16)22-12(11)20)24-13-7(15)9(19)8(18)5(2-14)23-13/h5-13,16,18-20H,2-3,14-15H2,1H3/t5-,6+,7+,8+,9+,10+,11+,12?,13-/m0/s1. The summed E-state index contributed by atoms with van der Waals surface area (Å²) in [6.07, 6.45) is -9.59. The van der Waals surface area contributed by atoms with Gasteiger partial charge in [0.15, 0.2) is 18.7 Å². The highest BCUT2D eigenvalue weighted by Crippen LogP contribution is 2.29. The van der Waals surface area contributed by atoms with E-state index >= 15 is 0 Å². The molecule has 0 bridgehead atoms. The number of hydrogen-bond donors (Lipinski definition) is 6. The van der Waals surface area contributed by atoms with Gasteiger partial charge in [-0.05, 0) is 0 Å². The van der Waals surface area contributed by atoms with Crippen LogP contribution < -0.4 is 11.5 Å². The van der Waals surface area contributed by atoms with E-state index in [4.69, 9.17) is 30.4 Å². The molecule has 11 nitrogen and oxygen atoms in total. The predicted molar refractivity (Wildman–Crippen MR) is 76.1 cm³/mol. The van der Waals surface area contributed by atoms with E-state index in [9.17, 15) is 25.2 Å². The number of nitrogens with two attached hydrogens (primary N) is 2. The van der Waals surface area contributed by atoms with Crippen LogP contribution in [0.5, 0.6) is 0 Å². The zero-order valence-corrected chi connectivity index (χ0v) is 13.1. The molecule has 2 saturated heterocycles. The molecule has 11 heteroatoms. The molecule has 2 heterocycles. The Morgan fingerprint density at radius 2 is 1.79 bits per heavy atom. The van der Waals surface area contributed by atoms with E-state index in [-0.39, 0.29) is 6.54 Å². The second kappa shape index (κ2) is 7.99. The Morgan fingerprint density at radius 1 is 1.12 bits per heavy atom. The highest BCUT2D eigenvalue weighted by molar-refractivity contribution is 5.66. The average molecular weight is 352 g/mol. The minimum atomic E-state index is -1.50. The molecule has 2 aliphatic rings. The molecule has 2 rings (SSSR count). The van der Waals surface area contributed by atoms with Crippen LogP contribution in [0, 0.1) is 0 Å². The van der Waals surface area contributed by atoms with Crippen molar-refractivity contribution < 1.29 is 44.2 Å². The molecule has 0 saturated carbocycles. The third-order valence-electron chi connectivity index (χ3n) is 4.04. The van der Waals surface area contributed by atoms with Gasteiger partial charge in [-0.1, -0.05) is 0 Å². The van der Waals surface area contributed by atoms with E-state index in [1.54, 1.807) is 0 Å². The molecule has 24 heavy (non-hydrogen) atoms. The minimum absolute atomic E-state index is 0.0919. The summed E-state index contributed by atoms with van der Waals surface area (Å²) in [4.78, 5) is 11.2. The highest BCUT2D eigenvalue weighted by Gasteiger charge is 2.51. The number of rotatable bonds is 5. The lowest BCUT2D eigenvalue weighted by molar-refractivity contribution is -0.280. The third-order valence-corrected chi connectivity index (χ3v) is 4.04. The lowest BCUT2D eigenvalue weighted by atomic mass is 9.97. The number of aliphatic hydroxyl groups excluding tert-OH is 4. The van der Waals surface area contributed by atoms with Gasteiger partial charge in [-0.2, -0.15) is 0 Å². The first-order valence-electron chi connectivity index (χ1n) is 7.54. The minimum Gasteiger partial charge on any atom is -0.454 e. The summed E-state index contributed by atoms with van der Waals surface area (Å²) in [6, 6.07) is -1.13. The van der Waals surface area contributed by atoms with Crippen molar-refractivity contribution in [3.8, 4) is 0 Å². The van der Waals surface area contributed by atoms with Gasteiger partial charge in [0.05, 0.1) is 12.6 Å². The van der Waals surface area contributed by atoms with Crippen LogP contribution in [0.15, 0.2) is 0 Å². The Kier molecular flexibility index (Phi) is 6.47. The molecule has 0 aliphatic carbocycles. The lowest BCUT2D eigenvalue weighted by Crippen LogP contribution is -2.64. The van der Waals surface area contributed by atoms with E-state index in [1.807, 2.05) is 0 Å². The van der Waals surface area contributed by atoms with Crippen LogP contribution in [-0.4, -0.2) is 94.8 Å². The summed E-state index contributed by atoms with van der Waals surface area (Å²) in [5, 5.41) is 39.0. The summed E-state index contributed by atoms with van der Waals surface area (Å²) in [6.45, 7) is 0.530. The fourth-order valence-electron chi connectivity index (χ4n) is 2.76. The SMILES string of the molecule is CC(=O)O[C@H]1C(O)O[C@H](CO)[C@H]1O[C@@H]1O[C@@H](CN)[C@@H](O)[C@H](O)[C@H]1N. The van der Waals surface area contributed by atoms with Gasteiger partial charge in [0.2, 0.25) is 0 Å². The number of hydrogen-bond acceptors (Lipinski definition) is 11. The molecule has 1 unspecified atom stereocenters. The van der Waals surface area contributed by atoms with Crippen molar-refractivity contribution in [1.29, 1.82) is 0 Å². The van der Waals surface area contributed by atoms with Crippen molar-refractivity contribution in [1.82, 2.24) is 0 Å². The van der Waals surface area contributed by atoms with E-state index in [0.717, 1.165) is 6.92 Å². The van der Waals surface area contributed by atoms with E-state index in [0.29, 0.717) is 0 Å². The normalized spacial score (nSPS) is 46.0. The van der Waals surface area contributed by atoms with E-state index in [1.165, 1.54) is 0 Å². The maximum atomic E-state index is 11.2.